The van der Waals surface area contributed by atoms with Crippen molar-refractivity contribution >= 4 is 5.91 Å². The van der Waals surface area contributed by atoms with Gasteiger partial charge in [0.2, 0.25) is 5.91 Å². The van der Waals surface area contributed by atoms with E-state index in [0.29, 0.717) is 12.5 Å². The summed E-state index contributed by atoms with van der Waals surface area (Å²) >= 11 is 0. The summed E-state index contributed by atoms with van der Waals surface area (Å²) in [4.78, 5) is 13.8. The molecule has 1 heterocycles. The smallest absolute Gasteiger partial charge is 0.248 e. The molecule has 0 aliphatic carbocycles. The van der Waals surface area contributed by atoms with E-state index in [1.54, 1.807) is 7.11 Å². The minimum atomic E-state index is 0.0553. The molecule has 1 aliphatic rings. The molecule has 0 spiro atoms. The number of carbonyl (C=O) groups excluding carboxylic acids is 1. The Morgan fingerprint density at radius 2 is 2.19 bits per heavy atom. The summed E-state index contributed by atoms with van der Waals surface area (Å²) < 4.78 is 4.94. The Balaban J connectivity index is 2.16. The molecule has 1 amide bonds. The third-order valence-electron chi connectivity index (χ3n) is 4.51. The van der Waals surface area contributed by atoms with E-state index in [4.69, 9.17) is 10.5 Å². The van der Waals surface area contributed by atoms with Gasteiger partial charge in [-0.05, 0) is 29.0 Å². The highest BCUT2D eigenvalue weighted by molar-refractivity contribution is 5.77. The van der Waals surface area contributed by atoms with Gasteiger partial charge in [-0.3, -0.25) is 4.79 Å². The highest BCUT2D eigenvalue weighted by atomic mass is 16.5. The number of nitrogens with zero attached hydrogens (tertiary/aromatic N) is 1. The molecular weight excluding hydrogens is 264 g/mol. The molecule has 1 aromatic rings. The number of ether oxygens (including phenoxy) is 1. The average Bonchev–Trinajstić information content (AvgIpc) is 2.52. The first kappa shape index (κ1) is 16.0. The normalized spacial score (nSPS) is 17.2. The molecule has 2 N–H and O–H groups in total. The Morgan fingerprint density at radius 3 is 2.86 bits per heavy atom. The summed E-state index contributed by atoms with van der Waals surface area (Å²) in [5, 5.41) is 0. The first-order valence-corrected chi connectivity index (χ1v) is 7.70. The lowest BCUT2D eigenvalue weighted by molar-refractivity contribution is -0.136. The number of nitrogens with two attached hydrogens (primary N) is 1. The molecule has 0 aromatic heterocycles. The van der Waals surface area contributed by atoms with Crippen LogP contribution in [-0.2, 0) is 22.5 Å². The van der Waals surface area contributed by atoms with Gasteiger partial charge in [0.25, 0.3) is 0 Å². The van der Waals surface area contributed by atoms with Gasteiger partial charge < -0.3 is 15.4 Å². The van der Waals surface area contributed by atoms with Crippen LogP contribution >= 0.6 is 0 Å². The summed E-state index contributed by atoms with van der Waals surface area (Å²) in [6, 6.07) is 6.55. The molecule has 0 bridgehead atoms. The first-order chi connectivity index (χ1) is 10.1. The fraction of sp³-hybridized carbons (Fsp3) is 0.588. The maximum Gasteiger partial charge on any atom is 0.248 e. The second-order valence-corrected chi connectivity index (χ2v) is 5.94. The van der Waals surface area contributed by atoms with Crippen LogP contribution in [-0.4, -0.2) is 31.1 Å². The van der Waals surface area contributed by atoms with Gasteiger partial charge >= 0.3 is 0 Å². The van der Waals surface area contributed by atoms with Crippen LogP contribution in [0, 0.1) is 5.92 Å². The van der Waals surface area contributed by atoms with Crippen molar-refractivity contribution in [2.75, 3.05) is 20.3 Å². The molecule has 0 radical (unpaired) electrons. The maximum absolute atomic E-state index is 12.0. The zero-order chi connectivity index (χ0) is 15.4. The van der Waals surface area contributed by atoms with E-state index in [1.165, 1.54) is 16.7 Å². The molecule has 116 valence electrons. The molecular formula is C17H26N2O2. The van der Waals surface area contributed by atoms with Crippen LogP contribution in [0.15, 0.2) is 18.2 Å². The number of methoxy groups -OCH3 is 1. The van der Waals surface area contributed by atoms with Gasteiger partial charge in [-0.1, -0.05) is 38.5 Å². The molecule has 0 saturated carbocycles. The molecule has 1 aromatic carbocycles. The Bertz CT molecular complexity index is 502. The van der Waals surface area contributed by atoms with E-state index in [1.807, 2.05) is 4.90 Å². The lowest BCUT2D eigenvalue weighted by Crippen LogP contribution is -2.38. The number of hydrogen-bond acceptors (Lipinski definition) is 3. The molecule has 2 atom stereocenters. The lowest BCUT2D eigenvalue weighted by Gasteiger charge is -2.30. The predicted molar refractivity (Wildman–Crippen MR) is 83.8 cm³/mol. The summed E-state index contributed by atoms with van der Waals surface area (Å²) in [6.07, 6.45) is 1.97. The van der Waals surface area contributed by atoms with Crippen molar-refractivity contribution in [2.24, 2.45) is 11.7 Å². The summed E-state index contributed by atoms with van der Waals surface area (Å²) in [7, 11) is 1.55. The molecule has 0 fully saturated rings. The van der Waals surface area contributed by atoms with E-state index < -0.39 is 0 Å². The molecule has 2 unspecified atom stereocenters. The zero-order valence-electron chi connectivity index (χ0n) is 13.3. The van der Waals surface area contributed by atoms with Crippen molar-refractivity contribution in [3.8, 4) is 0 Å². The maximum atomic E-state index is 12.0. The molecule has 4 heteroatoms. The van der Waals surface area contributed by atoms with Crippen LogP contribution in [0.5, 0.6) is 0 Å². The monoisotopic (exact) mass is 290 g/mol. The summed E-state index contributed by atoms with van der Waals surface area (Å²) in [5.74, 6) is 0.512. The number of benzene rings is 1. The van der Waals surface area contributed by atoms with Crippen LogP contribution in [0.2, 0.25) is 0 Å². The van der Waals surface area contributed by atoms with E-state index in [-0.39, 0.29) is 18.6 Å². The Labute approximate surface area is 127 Å². The molecule has 1 aliphatic heterocycles. The number of amides is 1. The van der Waals surface area contributed by atoms with Crippen molar-refractivity contribution in [2.45, 2.75) is 39.3 Å². The van der Waals surface area contributed by atoms with Gasteiger partial charge in [-0.2, -0.15) is 0 Å². The Kier molecular flexibility index (Phi) is 5.37. The summed E-state index contributed by atoms with van der Waals surface area (Å²) in [6.45, 7) is 5.93. The summed E-state index contributed by atoms with van der Waals surface area (Å²) in [5.41, 5.74) is 10.0. The van der Waals surface area contributed by atoms with Crippen LogP contribution in [0.4, 0.5) is 0 Å². The van der Waals surface area contributed by atoms with Crippen molar-refractivity contribution in [3.05, 3.63) is 34.9 Å². The molecule has 21 heavy (non-hydrogen) atoms. The van der Waals surface area contributed by atoms with Crippen molar-refractivity contribution < 1.29 is 9.53 Å². The van der Waals surface area contributed by atoms with Gasteiger partial charge in [0.15, 0.2) is 0 Å². The lowest BCUT2D eigenvalue weighted by atomic mass is 9.89. The van der Waals surface area contributed by atoms with Crippen molar-refractivity contribution in [1.29, 1.82) is 0 Å². The Hall–Kier alpha value is -1.39. The van der Waals surface area contributed by atoms with Crippen LogP contribution in [0.3, 0.4) is 0 Å². The quantitative estimate of drug-likeness (QED) is 0.905. The molecule has 2 rings (SSSR count). The van der Waals surface area contributed by atoms with E-state index in [2.05, 4.69) is 32.0 Å². The zero-order valence-corrected chi connectivity index (χ0v) is 13.3. The minimum Gasteiger partial charge on any atom is -0.375 e. The van der Waals surface area contributed by atoms with Gasteiger partial charge in [0.05, 0.1) is 0 Å². The SMILES string of the molecule is CCC(C)C(N)c1ccc2c(c1)CN(C(=O)COC)CC2. The second kappa shape index (κ2) is 7.05. The fourth-order valence-corrected chi connectivity index (χ4v) is 2.79. The van der Waals surface area contributed by atoms with E-state index in [0.717, 1.165) is 19.4 Å². The second-order valence-electron chi connectivity index (χ2n) is 5.94. The highest BCUT2D eigenvalue weighted by Crippen LogP contribution is 2.26. The number of rotatable bonds is 5. The topological polar surface area (TPSA) is 55.6 Å². The number of carbonyl (C=O) groups is 1. The van der Waals surface area contributed by atoms with Crippen molar-refractivity contribution in [3.63, 3.8) is 0 Å². The first-order valence-electron chi connectivity index (χ1n) is 7.70. The van der Waals surface area contributed by atoms with E-state index in [9.17, 15) is 4.79 Å². The van der Waals surface area contributed by atoms with Gasteiger partial charge in [-0.15, -0.1) is 0 Å². The average molecular weight is 290 g/mol. The van der Waals surface area contributed by atoms with Crippen LogP contribution in [0.25, 0.3) is 0 Å². The fourth-order valence-electron chi connectivity index (χ4n) is 2.79. The largest absolute Gasteiger partial charge is 0.375 e. The Morgan fingerprint density at radius 1 is 1.43 bits per heavy atom. The third-order valence-corrected chi connectivity index (χ3v) is 4.51. The predicted octanol–water partition coefficient (Wildman–Crippen LogP) is 2.26. The van der Waals surface area contributed by atoms with Gasteiger partial charge in [0.1, 0.15) is 6.61 Å². The molecule has 4 nitrogen and oxygen atoms in total. The van der Waals surface area contributed by atoms with Gasteiger partial charge in [0, 0.05) is 26.2 Å². The third kappa shape index (κ3) is 3.63. The minimum absolute atomic E-state index is 0.0553. The van der Waals surface area contributed by atoms with Crippen molar-refractivity contribution in [1.82, 2.24) is 4.90 Å². The van der Waals surface area contributed by atoms with Crippen LogP contribution in [0.1, 0.15) is 43.0 Å². The number of fused-ring (bicyclic) bond motifs is 1. The molecule has 0 saturated heterocycles. The van der Waals surface area contributed by atoms with E-state index >= 15 is 0 Å². The van der Waals surface area contributed by atoms with Crippen LogP contribution < -0.4 is 5.73 Å². The standard InChI is InChI=1S/C17H26N2O2/c1-4-12(2)17(18)14-6-5-13-7-8-19(10-15(13)9-14)16(20)11-21-3/h5-6,9,12,17H,4,7-8,10-11,18H2,1-3H3. The van der Waals surface area contributed by atoms with Gasteiger partial charge in [-0.25, -0.2) is 0 Å². The highest BCUT2D eigenvalue weighted by Gasteiger charge is 2.22. The number of hydrogen-bond donors (Lipinski definition) is 1.